The summed E-state index contributed by atoms with van der Waals surface area (Å²) in [4.78, 5) is 10.8. The molecule has 0 unspecified atom stereocenters. The van der Waals surface area contributed by atoms with Crippen LogP contribution in [-0.4, -0.2) is 10.9 Å². The van der Waals surface area contributed by atoms with Gasteiger partial charge in [0.1, 0.15) is 0 Å². The molecule has 0 radical (unpaired) electrons. The fourth-order valence-corrected chi connectivity index (χ4v) is 1.43. The SMILES string of the molecule is CCC1=C(O)C(=O)C[C@@H]1C. The zero-order valence-electron chi connectivity index (χ0n) is 6.35. The fourth-order valence-electron chi connectivity index (χ4n) is 1.43. The lowest BCUT2D eigenvalue weighted by Gasteiger charge is -2.02. The Morgan fingerprint density at radius 3 is 2.50 bits per heavy atom. The van der Waals surface area contributed by atoms with Crippen molar-refractivity contribution in [3.05, 3.63) is 11.3 Å². The molecule has 1 aliphatic carbocycles. The quantitative estimate of drug-likeness (QED) is 0.603. The highest BCUT2D eigenvalue weighted by Crippen LogP contribution is 2.29. The first-order chi connectivity index (χ1) is 4.66. The predicted octanol–water partition coefficient (Wildman–Crippen LogP) is 1.82. The molecule has 1 N–H and O–H groups in total. The van der Waals surface area contributed by atoms with E-state index in [0.717, 1.165) is 12.0 Å². The second-order valence-corrected chi connectivity index (χ2v) is 2.76. The Bertz CT molecular complexity index is 191. The summed E-state index contributed by atoms with van der Waals surface area (Å²) in [5.74, 6) is 0.192. The third-order valence-corrected chi connectivity index (χ3v) is 2.04. The first kappa shape index (κ1) is 7.32. The number of carbonyl (C=O) groups is 1. The van der Waals surface area contributed by atoms with E-state index in [9.17, 15) is 4.79 Å². The van der Waals surface area contributed by atoms with Crippen LogP contribution >= 0.6 is 0 Å². The minimum atomic E-state index is -0.0932. The molecule has 0 saturated carbocycles. The van der Waals surface area contributed by atoms with E-state index in [-0.39, 0.29) is 17.5 Å². The maximum Gasteiger partial charge on any atom is 0.197 e. The number of allylic oxidation sites excluding steroid dienone is 2. The van der Waals surface area contributed by atoms with E-state index in [1.165, 1.54) is 0 Å². The Morgan fingerprint density at radius 2 is 2.30 bits per heavy atom. The number of hydrogen-bond donors (Lipinski definition) is 1. The summed E-state index contributed by atoms with van der Waals surface area (Å²) in [6.07, 6.45) is 1.29. The van der Waals surface area contributed by atoms with Crippen LogP contribution in [0, 0.1) is 5.92 Å². The largest absolute Gasteiger partial charge is 0.504 e. The van der Waals surface area contributed by atoms with Gasteiger partial charge in [-0.25, -0.2) is 0 Å². The molecule has 1 atom stereocenters. The second kappa shape index (κ2) is 2.45. The van der Waals surface area contributed by atoms with Crippen LogP contribution in [0.15, 0.2) is 11.3 Å². The Morgan fingerprint density at radius 1 is 1.70 bits per heavy atom. The van der Waals surface area contributed by atoms with Crippen molar-refractivity contribution in [1.29, 1.82) is 0 Å². The lowest BCUT2D eigenvalue weighted by atomic mass is 10.0. The van der Waals surface area contributed by atoms with Gasteiger partial charge >= 0.3 is 0 Å². The molecule has 0 aromatic carbocycles. The Labute approximate surface area is 60.6 Å². The molecule has 0 saturated heterocycles. The summed E-state index contributed by atoms with van der Waals surface area (Å²) in [6.45, 7) is 3.93. The summed E-state index contributed by atoms with van der Waals surface area (Å²) in [7, 11) is 0. The van der Waals surface area contributed by atoms with E-state index in [4.69, 9.17) is 5.11 Å². The van der Waals surface area contributed by atoms with Gasteiger partial charge in [-0.1, -0.05) is 13.8 Å². The summed E-state index contributed by atoms with van der Waals surface area (Å²) >= 11 is 0. The van der Waals surface area contributed by atoms with Gasteiger partial charge in [0, 0.05) is 6.42 Å². The Hall–Kier alpha value is -0.790. The lowest BCUT2D eigenvalue weighted by Crippen LogP contribution is -1.94. The highest BCUT2D eigenvalue weighted by atomic mass is 16.3. The number of aliphatic hydroxyl groups is 1. The zero-order chi connectivity index (χ0) is 7.72. The van der Waals surface area contributed by atoms with Crippen molar-refractivity contribution in [3.8, 4) is 0 Å². The summed E-state index contributed by atoms with van der Waals surface area (Å²) in [6, 6.07) is 0. The molecule has 0 spiro atoms. The molecule has 0 aromatic rings. The molecule has 0 heterocycles. The van der Waals surface area contributed by atoms with Crippen molar-refractivity contribution in [1.82, 2.24) is 0 Å². The summed E-state index contributed by atoms with van der Waals surface area (Å²) in [5, 5.41) is 9.16. The monoisotopic (exact) mass is 140 g/mol. The molecule has 0 aliphatic heterocycles. The van der Waals surface area contributed by atoms with E-state index in [1.54, 1.807) is 0 Å². The van der Waals surface area contributed by atoms with Crippen LogP contribution in [0.1, 0.15) is 26.7 Å². The van der Waals surface area contributed by atoms with E-state index < -0.39 is 0 Å². The molecular formula is C8H12O2. The van der Waals surface area contributed by atoms with Gasteiger partial charge in [0.2, 0.25) is 0 Å². The van der Waals surface area contributed by atoms with Crippen LogP contribution in [0.5, 0.6) is 0 Å². The minimum Gasteiger partial charge on any atom is -0.504 e. The average molecular weight is 140 g/mol. The fraction of sp³-hybridized carbons (Fsp3) is 0.625. The lowest BCUT2D eigenvalue weighted by molar-refractivity contribution is -0.117. The predicted molar refractivity (Wildman–Crippen MR) is 38.7 cm³/mol. The molecule has 0 aromatic heterocycles. The van der Waals surface area contributed by atoms with Gasteiger partial charge in [0.05, 0.1) is 0 Å². The number of aliphatic hydroxyl groups excluding tert-OH is 1. The molecule has 10 heavy (non-hydrogen) atoms. The van der Waals surface area contributed by atoms with Gasteiger partial charge in [-0.05, 0) is 17.9 Å². The molecule has 0 amide bonds. The van der Waals surface area contributed by atoms with Gasteiger partial charge in [-0.15, -0.1) is 0 Å². The molecule has 0 fully saturated rings. The Kier molecular flexibility index (Phi) is 1.79. The maximum absolute atomic E-state index is 10.8. The van der Waals surface area contributed by atoms with Crippen molar-refractivity contribution < 1.29 is 9.90 Å². The van der Waals surface area contributed by atoms with Crippen molar-refractivity contribution in [3.63, 3.8) is 0 Å². The van der Waals surface area contributed by atoms with Crippen LogP contribution in [0.4, 0.5) is 0 Å². The molecule has 2 heteroatoms. The van der Waals surface area contributed by atoms with Gasteiger partial charge in [-0.2, -0.15) is 0 Å². The zero-order valence-corrected chi connectivity index (χ0v) is 6.35. The first-order valence-electron chi connectivity index (χ1n) is 3.62. The van der Waals surface area contributed by atoms with Crippen molar-refractivity contribution in [2.24, 2.45) is 5.92 Å². The smallest absolute Gasteiger partial charge is 0.197 e. The van der Waals surface area contributed by atoms with E-state index >= 15 is 0 Å². The van der Waals surface area contributed by atoms with E-state index in [1.807, 2.05) is 13.8 Å². The topological polar surface area (TPSA) is 37.3 Å². The maximum atomic E-state index is 10.8. The molecule has 56 valence electrons. The van der Waals surface area contributed by atoms with Crippen LogP contribution < -0.4 is 0 Å². The van der Waals surface area contributed by atoms with Crippen molar-refractivity contribution in [2.75, 3.05) is 0 Å². The van der Waals surface area contributed by atoms with Gasteiger partial charge < -0.3 is 5.11 Å². The third-order valence-electron chi connectivity index (χ3n) is 2.04. The normalized spacial score (nSPS) is 26.2. The molecule has 1 aliphatic rings. The standard InChI is InChI=1S/C8H12O2/c1-3-6-5(2)4-7(9)8(6)10/h5,10H,3-4H2,1-2H3/t5-/m0/s1. The first-order valence-corrected chi connectivity index (χ1v) is 3.62. The summed E-state index contributed by atoms with van der Waals surface area (Å²) in [5.41, 5.74) is 0.921. The molecule has 0 bridgehead atoms. The number of hydrogen-bond acceptors (Lipinski definition) is 2. The van der Waals surface area contributed by atoms with E-state index in [0.29, 0.717) is 6.42 Å². The minimum absolute atomic E-state index is 0.0231. The van der Waals surface area contributed by atoms with Crippen LogP contribution in [0.2, 0.25) is 0 Å². The number of carbonyl (C=O) groups excluding carboxylic acids is 1. The van der Waals surface area contributed by atoms with Gasteiger partial charge in [0.15, 0.2) is 11.5 Å². The molecule has 2 nitrogen and oxygen atoms in total. The summed E-state index contributed by atoms with van der Waals surface area (Å²) < 4.78 is 0. The number of ketones is 1. The van der Waals surface area contributed by atoms with Crippen LogP contribution in [-0.2, 0) is 4.79 Å². The van der Waals surface area contributed by atoms with Crippen molar-refractivity contribution >= 4 is 5.78 Å². The van der Waals surface area contributed by atoms with Gasteiger partial charge in [-0.3, -0.25) is 4.79 Å². The van der Waals surface area contributed by atoms with Crippen molar-refractivity contribution in [2.45, 2.75) is 26.7 Å². The number of Topliss-reactive ketones (excluding diaryl/α,β-unsaturated/α-hetero) is 1. The molecule has 1 rings (SSSR count). The highest BCUT2D eigenvalue weighted by Gasteiger charge is 2.27. The average Bonchev–Trinajstić information content (AvgIpc) is 2.09. The van der Waals surface area contributed by atoms with Crippen LogP contribution in [0.3, 0.4) is 0 Å². The second-order valence-electron chi connectivity index (χ2n) is 2.76. The Balaban J connectivity index is 2.90. The highest BCUT2D eigenvalue weighted by molar-refractivity contribution is 5.96. The number of rotatable bonds is 1. The van der Waals surface area contributed by atoms with Gasteiger partial charge in [0.25, 0.3) is 0 Å². The third kappa shape index (κ3) is 0.939. The van der Waals surface area contributed by atoms with Crippen LogP contribution in [0.25, 0.3) is 0 Å². The van der Waals surface area contributed by atoms with E-state index in [2.05, 4.69) is 0 Å². The molecular weight excluding hydrogens is 128 g/mol.